The molecule has 11 heteroatoms. The topological polar surface area (TPSA) is 126 Å². The van der Waals surface area contributed by atoms with Crippen LogP contribution in [0.3, 0.4) is 0 Å². The molecule has 9 aromatic rings. The Morgan fingerprint density at radius 1 is 0.644 bits per heavy atom. The van der Waals surface area contributed by atoms with Gasteiger partial charge in [0.15, 0.2) is 17.4 Å². The molecule has 292 valence electrons. The molecule has 9 rings (SSSR count). The summed E-state index contributed by atoms with van der Waals surface area (Å²) in [4.78, 5) is 30.2. The lowest BCUT2D eigenvalue weighted by atomic mass is 10.1. The van der Waals surface area contributed by atoms with Crippen molar-refractivity contribution in [2.45, 2.75) is 40.3 Å². The van der Waals surface area contributed by atoms with Gasteiger partial charge in [0.2, 0.25) is 0 Å². The van der Waals surface area contributed by atoms with Gasteiger partial charge >= 0.3 is 0 Å². The van der Waals surface area contributed by atoms with E-state index in [1.54, 1.807) is 13.2 Å². The molecule has 59 heavy (non-hydrogen) atoms. The van der Waals surface area contributed by atoms with Crippen LogP contribution in [0, 0.1) is 13.8 Å². The number of nitrogens with zero attached hydrogens (tertiary/aromatic N) is 8. The molecule has 0 aliphatic heterocycles. The second kappa shape index (κ2) is 17.0. The maximum atomic E-state index is 11.6. The highest BCUT2D eigenvalue weighted by Crippen LogP contribution is 2.27. The van der Waals surface area contributed by atoms with Gasteiger partial charge in [0.25, 0.3) is 0 Å². The summed E-state index contributed by atoms with van der Waals surface area (Å²) in [5.41, 5.74) is 10.2. The molecule has 1 N–H and O–H groups in total. The lowest BCUT2D eigenvalue weighted by molar-refractivity contribution is 0.101. The highest BCUT2D eigenvalue weighted by molar-refractivity contribution is 5.93. The van der Waals surface area contributed by atoms with Gasteiger partial charge in [-0.3, -0.25) is 9.78 Å². The number of pyridine rings is 4. The number of hydrogen-bond acceptors (Lipinski definition) is 9. The van der Waals surface area contributed by atoms with E-state index in [9.17, 15) is 4.79 Å². The molecular weight excluding hydrogens is 735 g/mol. The molecule has 6 heterocycles. The van der Waals surface area contributed by atoms with Gasteiger partial charge < -0.3 is 10.1 Å². The first-order valence-corrected chi connectivity index (χ1v) is 19.4. The minimum absolute atomic E-state index is 0.0445. The zero-order valence-corrected chi connectivity index (χ0v) is 33.5. The first-order valence-electron chi connectivity index (χ1n) is 19.4. The second-order valence-corrected chi connectivity index (χ2v) is 14.3. The number of carbonyl (C=O) groups is 1. The normalized spacial score (nSPS) is 11.6. The molecule has 0 radical (unpaired) electrons. The summed E-state index contributed by atoms with van der Waals surface area (Å²) < 4.78 is 8.94. The van der Waals surface area contributed by atoms with Crippen molar-refractivity contribution in [3.05, 3.63) is 174 Å². The van der Waals surface area contributed by atoms with Gasteiger partial charge in [-0.05, 0) is 99.1 Å². The van der Waals surface area contributed by atoms with E-state index in [4.69, 9.17) is 9.72 Å². The lowest BCUT2D eigenvalue weighted by Gasteiger charge is -2.15. The van der Waals surface area contributed by atoms with Crippen LogP contribution in [0.2, 0.25) is 0 Å². The summed E-state index contributed by atoms with van der Waals surface area (Å²) in [5.74, 6) is 2.40. The van der Waals surface area contributed by atoms with E-state index >= 15 is 0 Å². The SMILES string of the molecule is CC(=O)c1cccc(-c2ccc3cnn(-c4cccc(C)n4)c3c2)n1.COc1ccc(CNC(C)c2cccc(-c3ccc4cnn(-c5cccc(C)n5)c4c3)n2)cc1. The first-order chi connectivity index (χ1) is 28.7. The molecule has 0 saturated heterocycles. The van der Waals surface area contributed by atoms with Crippen LogP contribution in [-0.4, -0.2) is 52.4 Å². The molecule has 0 bridgehead atoms. The number of aromatic nitrogens is 8. The molecule has 6 aromatic heterocycles. The number of benzene rings is 3. The van der Waals surface area contributed by atoms with Crippen molar-refractivity contribution in [2.24, 2.45) is 0 Å². The number of hydrogen-bond donors (Lipinski definition) is 1. The average molecular weight is 778 g/mol. The van der Waals surface area contributed by atoms with Crippen molar-refractivity contribution < 1.29 is 9.53 Å². The van der Waals surface area contributed by atoms with Gasteiger partial charge in [-0.15, -0.1) is 0 Å². The van der Waals surface area contributed by atoms with Crippen LogP contribution < -0.4 is 10.1 Å². The van der Waals surface area contributed by atoms with E-state index in [-0.39, 0.29) is 11.8 Å². The molecule has 1 unspecified atom stereocenters. The number of ketones is 1. The number of carbonyl (C=O) groups excluding carboxylic acids is 1. The Bertz CT molecular complexity index is 2920. The lowest BCUT2D eigenvalue weighted by Crippen LogP contribution is -2.19. The number of Topliss-reactive ketones (excluding diaryl/α,β-unsaturated/α-hetero) is 1. The van der Waals surface area contributed by atoms with E-state index in [0.717, 1.165) is 85.3 Å². The first kappa shape index (κ1) is 38.5. The zero-order chi connectivity index (χ0) is 40.9. The van der Waals surface area contributed by atoms with Gasteiger partial charge in [0, 0.05) is 52.8 Å². The number of methoxy groups -OCH3 is 1. The van der Waals surface area contributed by atoms with E-state index in [1.807, 2.05) is 121 Å². The number of aryl methyl sites for hydroxylation is 2. The third-order valence-electron chi connectivity index (χ3n) is 10.0. The van der Waals surface area contributed by atoms with Crippen molar-refractivity contribution in [3.63, 3.8) is 0 Å². The van der Waals surface area contributed by atoms with Gasteiger partial charge in [-0.1, -0.05) is 60.7 Å². The third kappa shape index (κ3) is 8.65. The number of nitrogens with one attached hydrogen (secondary N) is 1. The maximum Gasteiger partial charge on any atom is 0.178 e. The molecule has 0 amide bonds. The Morgan fingerprint density at radius 3 is 1.73 bits per heavy atom. The smallest absolute Gasteiger partial charge is 0.178 e. The fraction of sp³-hybridized carbons (Fsp3) is 0.146. The van der Waals surface area contributed by atoms with E-state index in [0.29, 0.717) is 5.69 Å². The van der Waals surface area contributed by atoms with Crippen LogP contribution in [0.15, 0.2) is 146 Å². The zero-order valence-electron chi connectivity index (χ0n) is 33.5. The Hall–Kier alpha value is -7.37. The van der Waals surface area contributed by atoms with Gasteiger partial charge in [-0.2, -0.15) is 10.2 Å². The standard InChI is InChI=1S/C28H27N5O.C20H16N4O/c1-19-6-4-9-28(31-19)33-27-16-22(12-13-23(27)18-30-33)26-8-5-7-25(32-26)20(2)29-17-21-10-14-24(34-3)15-11-21;1-13-5-3-8-20(22-13)24-19-11-15(9-10-16(19)12-21-24)18-7-4-6-17(23-18)14(2)25/h4-16,18,20,29H,17H2,1-3H3;3-12H,1-2H3. The molecular formula is C48H43N9O2. The van der Waals surface area contributed by atoms with Crippen LogP contribution in [0.25, 0.3) is 56.0 Å². The summed E-state index contributed by atoms with van der Waals surface area (Å²) >= 11 is 0. The molecule has 0 saturated carbocycles. The second-order valence-electron chi connectivity index (χ2n) is 14.3. The molecule has 0 aliphatic carbocycles. The van der Waals surface area contributed by atoms with E-state index in [2.05, 4.69) is 79.9 Å². The molecule has 11 nitrogen and oxygen atoms in total. The largest absolute Gasteiger partial charge is 0.497 e. The predicted octanol–water partition coefficient (Wildman–Crippen LogP) is 9.64. The molecule has 3 aromatic carbocycles. The third-order valence-corrected chi connectivity index (χ3v) is 10.0. The summed E-state index contributed by atoms with van der Waals surface area (Å²) in [6.07, 6.45) is 3.70. The Labute approximate surface area is 342 Å². The highest BCUT2D eigenvalue weighted by Gasteiger charge is 2.13. The van der Waals surface area contributed by atoms with Gasteiger partial charge in [0.05, 0.1) is 47.6 Å². The Balaban J connectivity index is 0.000000172. The summed E-state index contributed by atoms with van der Waals surface area (Å²) in [7, 11) is 1.68. The summed E-state index contributed by atoms with van der Waals surface area (Å²) in [6.45, 7) is 8.36. The monoisotopic (exact) mass is 777 g/mol. The highest BCUT2D eigenvalue weighted by atomic mass is 16.5. The molecule has 1 atom stereocenters. The predicted molar refractivity (Wildman–Crippen MR) is 232 cm³/mol. The van der Waals surface area contributed by atoms with Crippen LogP contribution in [0.1, 0.15) is 53.0 Å². The Kier molecular flexibility index (Phi) is 11.1. The van der Waals surface area contributed by atoms with Gasteiger partial charge in [-0.25, -0.2) is 24.3 Å². The van der Waals surface area contributed by atoms with Crippen LogP contribution in [0.5, 0.6) is 5.75 Å². The minimum atomic E-state index is -0.0445. The van der Waals surface area contributed by atoms with Crippen LogP contribution in [0.4, 0.5) is 0 Å². The summed E-state index contributed by atoms with van der Waals surface area (Å²) in [5, 5.41) is 14.7. The fourth-order valence-electron chi connectivity index (χ4n) is 6.78. The molecule has 0 spiro atoms. The van der Waals surface area contributed by atoms with Crippen molar-refractivity contribution in [1.82, 2.24) is 44.8 Å². The maximum absolute atomic E-state index is 11.6. The fourth-order valence-corrected chi connectivity index (χ4v) is 6.78. The van der Waals surface area contributed by atoms with Gasteiger partial charge in [0.1, 0.15) is 11.4 Å². The van der Waals surface area contributed by atoms with E-state index < -0.39 is 0 Å². The summed E-state index contributed by atoms with van der Waals surface area (Å²) in [6, 6.07) is 44.0. The molecule has 0 fully saturated rings. The van der Waals surface area contributed by atoms with Crippen molar-refractivity contribution in [1.29, 1.82) is 0 Å². The van der Waals surface area contributed by atoms with Crippen molar-refractivity contribution in [3.8, 4) is 39.9 Å². The van der Waals surface area contributed by atoms with Crippen LogP contribution >= 0.6 is 0 Å². The molecule has 0 aliphatic rings. The van der Waals surface area contributed by atoms with E-state index in [1.165, 1.54) is 12.5 Å². The Morgan fingerprint density at radius 2 is 1.19 bits per heavy atom. The number of rotatable bonds is 10. The van der Waals surface area contributed by atoms with Crippen LogP contribution in [-0.2, 0) is 6.54 Å². The van der Waals surface area contributed by atoms with Crippen molar-refractivity contribution >= 4 is 27.6 Å². The number of fused-ring (bicyclic) bond motifs is 2. The van der Waals surface area contributed by atoms with Crippen molar-refractivity contribution in [2.75, 3.05) is 7.11 Å². The quantitative estimate of drug-likeness (QED) is 0.135. The minimum Gasteiger partial charge on any atom is -0.497 e. The average Bonchev–Trinajstić information content (AvgIpc) is 3.90. The number of ether oxygens (including phenoxy) is 1.